The lowest BCUT2D eigenvalue weighted by Gasteiger charge is -2.19. The average Bonchev–Trinajstić information content (AvgIpc) is 3.31. The number of imidazole rings is 1. The summed E-state index contributed by atoms with van der Waals surface area (Å²) in [5.41, 5.74) is 9.02. The van der Waals surface area contributed by atoms with Gasteiger partial charge < -0.3 is 20.3 Å². The first kappa shape index (κ1) is 30.5. The molecule has 0 fully saturated rings. The maximum absolute atomic E-state index is 10.3. The number of nitriles is 1. The molecule has 0 amide bonds. The van der Waals surface area contributed by atoms with Gasteiger partial charge in [-0.05, 0) is 76.6 Å². The minimum absolute atomic E-state index is 0. The highest BCUT2D eigenvalue weighted by Crippen LogP contribution is 2.40. The third-order valence-electron chi connectivity index (χ3n) is 6.88. The van der Waals surface area contributed by atoms with Gasteiger partial charge in [0.2, 0.25) is 0 Å². The fraction of sp³-hybridized carbons (Fsp3) is 0.206. The standard InChI is InChI=1S/C34H28N10.H2/c1-11-12-13-44-33(37-10)32(36-9)41-34(44)43-42-29-25(8)26(18-35)30(38-27-21(4)14-19(2)15-22(27)5)40-31(29)39-28-23(6)16-20(3)17-24(28)7;/h1,14-17H,2-8H3,(H2,38,39,40);1H. The number of hydrogen-bond donors (Lipinski definition) is 2. The maximum atomic E-state index is 10.3. The van der Waals surface area contributed by atoms with Crippen LogP contribution in [0, 0.1) is 97.3 Å². The summed E-state index contributed by atoms with van der Waals surface area (Å²) in [6.07, 6.45) is 5.29. The van der Waals surface area contributed by atoms with Gasteiger partial charge in [-0.25, -0.2) is 4.98 Å². The minimum Gasteiger partial charge on any atom is -0.372 e. The van der Waals surface area contributed by atoms with Gasteiger partial charge in [-0.3, -0.25) is 0 Å². The van der Waals surface area contributed by atoms with Gasteiger partial charge in [0, 0.05) is 24.3 Å². The SMILES string of the molecule is [C-]#[N+]c1nc(N=Nc2c(Nc3c(C)cc(C)cc3C)nc(Nc3c(C)cc(C)cc3C)c(C#N)c2C)n(C#CC#C)c1[N+]#[C-].[HH]. The summed E-state index contributed by atoms with van der Waals surface area (Å²) in [5.74, 6) is 4.89. The predicted octanol–water partition coefficient (Wildman–Crippen LogP) is 9.00. The molecule has 10 nitrogen and oxygen atoms in total. The molecule has 0 saturated carbocycles. The largest absolute Gasteiger partial charge is 0.430 e. The number of pyridine rings is 1. The number of azo groups is 1. The fourth-order valence-electron chi connectivity index (χ4n) is 5.04. The Morgan fingerprint density at radius 1 is 0.841 bits per heavy atom. The van der Waals surface area contributed by atoms with Crippen molar-refractivity contribution >= 4 is 46.3 Å². The average molecular weight is 579 g/mol. The van der Waals surface area contributed by atoms with Crippen LogP contribution in [0.2, 0.25) is 0 Å². The molecule has 44 heavy (non-hydrogen) atoms. The van der Waals surface area contributed by atoms with Crippen LogP contribution in [0.25, 0.3) is 9.69 Å². The Balaban J connectivity index is 0.00000552. The molecule has 0 aliphatic heterocycles. The third-order valence-corrected chi connectivity index (χ3v) is 6.88. The highest BCUT2D eigenvalue weighted by atomic mass is 15.3. The number of nitrogens with one attached hydrogen (secondary N) is 2. The fourth-order valence-corrected chi connectivity index (χ4v) is 5.04. The Labute approximate surface area is 258 Å². The first-order valence-electron chi connectivity index (χ1n) is 13.4. The van der Waals surface area contributed by atoms with Crippen molar-refractivity contribution in [1.29, 1.82) is 5.26 Å². The van der Waals surface area contributed by atoms with Crippen LogP contribution in [-0.2, 0) is 0 Å². The van der Waals surface area contributed by atoms with Crippen LogP contribution in [0.5, 0.6) is 0 Å². The Hall–Kier alpha value is -6.41. The molecule has 0 spiro atoms. The summed E-state index contributed by atoms with van der Waals surface area (Å²) >= 11 is 0. The Bertz CT molecular complexity index is 2050. The molecule has 0 radical (unpaired) electrons. The first-order valence-corrected chi connectivity index (χ1v) is 13.4. The topological polar surface area (TPSA) is 112 Å². The molecular formula is C34H30N10. The third kappa shape index (κ3) is 5.95. The Kier molecular flexibility index (Phi) is 8.76. The number of rotatable bonds is 6. The van der Waals surface area contributed by atoms with Gasteiger partial charge in [0.25, 0.3) is 11.6 Å². The molecule has 4 aromatic rings. The zero-order chi connectivity index (χ0) is 32.1. The smallest absolute Gasteiger partial charge is 0.372 e. The molecule has 216 valence electrons. The number of aromatic nitrogens is 3. The highest BCUT2D eigenvalue weighted by Gasteiger charge is 2.24. The molecule has 2 aromatic carbocycles. The minimum atomic E-state index is -0.180. The van der Waals surface area contributed by atoms with Crippen LogP contribution in [-0.4, -0.2) is 14.5 Å². The van der Waals surface area contributed by atoms with E-state index >= 15 is 0 Å². The van der Waals surface area contributed by atoms with Gasteiger partial charge >= 0.3 is 5.95 Å². The van der Waals surface area contributed by atoms with Crippen molar-refractivity contribution in [3.05, 3.63) is 91.6 Å². The van der Waals surface area contributed by atoms with E-state index in [1.807, 2.05) is 41.5 Å². The van der Waals surface area contributed by atoms with Crippen molar-refractivity contribution in [2.75, 3.05) is 10.6 Å². The summed E-state index contributed by atoms with van der Waals surface area (Å²) < 4.78 is 1.12. The van der Waals surface area contributed by atoms with Crippen molar-refractivity contribution in [1.82, 2.24) is 14.5 Å². The van der Waals surface area contributed by atoms with E-state index < -0.39 is 0 Å². The molecule has 0 saturated heterocycles. The van der Waals surface area contributed by atoms with Gasteiger partial charge in [0.05, 0.1) is 5.56 Å². The molecule has 4 rings (SSSR count). The van der Waals surface area contributed by atoms with Gasteiger partial charge in [0.15, 0.2) is 11.6 Å². The van der Waals surface area contributed by atoms with Crippen molar-refractivity contribution in [2.24, 2.45) is 10.2 Å². The van der Waals surface area contributed by atoms with Gasteiger partial charge in [0.1, 0.15) is 17.8 Å². The molecule has 0 aliphatic carbocycles. The number of benzene rings is 2. The van der Waals surface area contributed by atoms with Crippen LogP contribution in [0.15, 0.2) is 34.5 Å². The number of terminal acetylenes is 1. The van der Waals surface area contributed by atoms with Crippen LogP contribution in [0.1, 0.15) is 45.9 Å². The highest BCUT2D eigenvalue weighted by molar-refractivity contribution is 5.81. The second-order valence-electron chi connectivity index (χ2n) is 10.3. The molecule has 0 atom stereocenters. The zero-order valence-electron chi connectivity index (χ0n) is 25.5. The van der Waals surface area contributed by atoms with Crippen molar-refractivity contribution in [3.8, 4) is 30.4 Å². The van der Waals surface area contributed by atoms with Crippen LogP contribution < -0.4 is 10.6 Å². The number of hydrogen-bond acceptors (Lipinski definition) is 7. The predicted molar refractivity (Wildman–Crippen MR) is 175 cm³/mol. The van der Waals surface area contributed by atoms with Gasteiger partial charge in [-0.1, -0.05) is 58.6 Å². The van der Waals surface area contributed by atoms with E-state index in [2.05, 4.69) is 83.8 Å². The quantitative estimate of drug-likeness (QED) is 0.135. The van der Waals surface area contributed by atoms with Gasteiger partial charge in [-0.2, -0.15) is 9.83 Å². The van der Waals surface area contributed by atoms with Crippen LogP contribution in [0.4, 0.5) is 46.3 Å². The normalized spacial score (nSPS) is 10.2. The Morgan fingerprint density at radius 2 is 1.39 bits per heavy atom. The second kappa shape index (κ2) is 12.6. The van der Waals surface area contributed by atoms with Crippen LogP contribution >= 0.6 is 0 Å². The zero-order valence-corrected chi connectivity index (χ0v) is 25.5. The lowest BCUT2D eigenvalue weighted by atomic mass is 10.0. The number of nitrogens with zero attached hydrogens (tertiary/aromatic N) is 8. The molecule has 10 heteroatoms. The molecule has 2 heterocycles. The molecular weight excluding hydrogens is 548 g/mol. The lowest BCUT2D eigenvalue weighted by Crippen LogP contribution is -2.07. The van der Waals surface area contributed by atoms with Crippen molar-refractivity contribution < 1.29 is 1.43 Å². The van der Waals surface area contributed by atoms with E-state index in [4.69, 9.17) is 24.6 Å². The van der Waals surface area contributed by atoms with E-state index in [0.29, 0.717) is 17.2 Å². The molecule has 0 aliphatic rings. The summed E-state index contributed by atoms with van der Waals surface area (Å²) in [6.45, 7) is 28.7. The molecule has 0 bridgehead atoms. The molecule has 0 unspecified atom stereocenters. The molecule has 2 aromatic heterocycles. The maximum Gasteiger partial charge on any atom is 0.430 e. The molecule has 2 N–H and O–H groups in total. The first-order chi connectivity index (χ1) is 21.0. The van der Waals surface area contributed by atoms with Crippen molar-refractivity contribution in [3.63, 3.8) is 0 Å². The summed E-state index contributed by atoms with van der Waals surface area (Å²) in [5, 5.41) is 25.8. The summed E-state index contributed by atoms with van der Waals surface area (Å²) in [7, 11) is 0. The number of anilines is 4. The lowest BCUT2D eigenvalue weighted by molar-refractivity contribution is 1.04. The number of aryl methyl sites for hydroxylation is 6. The second-order valence-corrected chi connectivity index (χ2v) is 10.3. The van der Waals surface area contributed by atoms with E-state index in [0.717, 1.165) is 49.3 Å². The summed E-state index contributed by atoms with van der Waals surface area (Å²) in [6, 6.07) is 13.1. The monoisotopic (exact) mass is 578 g/mol. The summed E-state index contributed by atoms with van der Waals surface area (Å²) in [4.78, 5) is 15.7. The van der Waals surface area contributed by atoms with E-state index in [1.165, 1.54) is 0 Å². The van der Waals surface area contributed by atoms with E-state index in [1.54, 1.807) is 6.92 Å². The van der Waals surface area contributed by atoms with Gasteiger partial charge in [-0.15, -0.1) is 11.5 Å². The van der Waals surface area contributed by atoms with Crippen molar-refractivity contribution in [2.45, 2.75) is 48.5 Å². The Morgan fingerprint density at radius 3 is 1.86 bits per heavy atom. The van der Waals surface area contributed by atoms with Crippen LogP contribution in [0.3, 0.4) is 0 Å². The van der Waals surface area contributed by atoms with E-state index in [-0.39, 0.29) is 30.3 Å². The van der Waals surface area contributed by atoms with E-state index in [9.17, 15) is 5.26 Å².